The lowest BCUT2D eigenvalue weighted by molar-refractivity contribution is -0.151. The first-order valence-electron chi connectivity index (χ1n) is 9.96. The predicted molar refractivity (Wildman–Crippen MR) is 125 cm³/mol. The molecule has 10 heteroatoms. The monoisotopic (exact) mass is 498 g/mol. The van der Waals surface area contributed by atoms with E-state index in [4.69, 9.17) is 25.9 Å². The lowest BCUT2D eigenvalue weighted by Crippen LogP contribution is -2.22. The number of benzene rings is 2. The largest absolute Gasteiger partial charge is 0.468 e. The van der Waals surface area contributed by atoms with Gasteiger partial charge in [-0.05, 0) is 38.1 Å². The van der Waals surface area contributed by atoms with Gasteiger partial charge in [0.1, 0.15) is 10.8 Å². The van der Waals surface area contributed by atoms with Crippen molar-refractivity contribution in [3.8, 4) is 17.0 Å². The van der Waals surface area contributed by atoms with Crippen molar-refractivity contribution in [2.75, 3.05) is 6.61 Å². The number of hydrogen-bond acceptors (Lipinski definition) is 6. The summed E-state index contributed by atoms with van der Waals surface area (Å²) in [6, 6.07) is 9.27. The van der Waals surface area contributed by atoms with Crippen LogP contribution in [0.4, 0.5) is 8.78 Å². The summed E-state index contributed by atoms with van der Waals surface area (Å²) in [6.45, 7) is 7.07. The number of carbonyl (C=O) groups is 2. The van der Waals surface area contributed by atoms with Gasteiger partial charge in [0.15, 0.2) is 11.6 Å². The normalized spacial score (nSPS) is 10.6. The van der Waals surface area contributed by atoms with Crippen molar-refractivity contribution in [2.45, 2.75) is 33.8 Å². The standard InChI is InChI=1S/C20H16ClF2NO3S.C2H6.CH3NO/c1-3-26-20(25)18(27-16-9-8-14(22)11(2)17(16)23)19-24-15(10-28-19)12-4-6-13(21)7-5-12;1-2;2-1-3/h4-10,18H,3H2,1-2H3;1-2H3;1H,(H2,2,3). The predicted octanol–water partition coefficient (Wildman–Crippen LogP) is 5.86. The first-order chi connectivity index (χ1) is 15.8. The number of hydrogen-bond donors (Lipinski definition) is 1. The molecule has 0 saturated heterocycles. The molecule has 0 saturated carbocycles. The molecule has 0 spiro atoms. The molecule has 0 fully saturated rings. The molecule has 2 aromatic carbocycles. The second-order valence-corrected chi connectivity index (χ2v) is 7.27. The molecule has 0 radical (unpaired) electrons. The molecule has 0 bridgehead atoms. The van der Waals surface area contributed by atoms with Gasteiger partial charge in [-0.1, -0.05) is 37.6 Å². The van der Waals surface area contributed by atoms with Gasteiger partial charge < -0.3 is 15.2 Å². The lowest BCUT2D eigenvalue weighted by Gasteiger charge is -2.17. The van der Waals surface area contributed by atoms with E-state index >= 15 is 0 Å². The summed E-state index contributed by atoms with van der Waals surface area (Å²) in [6.07, 6.45) is -1.02. The van der Waals surface area contributed by atoms with Gasteiger partial charge in [-0.3, -0.25) is 4.79 Å². The van der Waals surface area contributed by atoms with Crippen LogP contribution in [0.2, 0.25) is 5.02 Å². The summed E-state index contributed by atoms with van der Waals surface area (Å²) in [4.78, 5) is 25.4. The fraction of sp³-hybridized carbons (Fsp3) is 0.261. The van der Waals surface area contributed by atoms with E-state index in [0.29, 0.717) is 15.7 Å². The third kappa shape index (κ3) is 7.80. The first-order valence-corrected chi connectivity index (χ1v) is 11.2. The first kappa shape index (κ1) is 28.0. The fourth-order valence-electron chi connectivity index (χ4n) is 2.43. The summed E-state index contributed by atoms with van der Waals surface area (Å²) in [5.41, 5.74) is 5.39. The zero-order valence-electron chi connectivity index (χ0n) is 18.6. The molecule has 3 rings (SSSR count). The highest BCUT2D eigenvalue weighted by Gasteiger charge is 2.29. The number of esters is 1. The van der Waals surface area contributed by atoms with Crippen molar-refractivity contribution in [3.63, 3.8) is 0 Å². The van der Waals surface area contributed by atoms with Crippen LogP contribution in [0.25, 0.3) is 11.3 Å². The van der Waals surface area contributed by atoms with E-state index in [1.54, 1.807) is 36.6 Å². The van der Waals surface area contributed by atoms with E-state index in [1.165, 1.54) is 18.3 Å². The van der Waals surface area contributed by atoms with E-state index in [-0.39, 0.29) is 24.3 Å². The molecule has 1 aromatic heterocycles. The van der Waals surface area contributed by atoms with Crippen LogP contribution >= 0.6 is 22.9 Å². The smallest absolute Gasteiger partial charge is 0.354 e. The summed E-state index contributed by atoms with van der Waals surface area (Å²) < 4.78 is 38.5. The number of rotatable bonds is 6. The molecule has 33 heavy (non-hydrogen) atoms. The molecule has 1 unspecified atom stereocenters. The molecule has 1 atom stereocenters. The topological polar surface area (TPSA) is 91.5 Å². The Bertz CT molecular complexity index is 1050. The average molecular weight is 499 g/mol. The summed E-state index contributed by atoms with van der Waals surface area (Å²) in [7, 11) is 0. The highest BCUT2D eigenvalue weighted by Crippen LogP contribution is 2.32. The van der Waals surface area contributed by atoms with E-state index in [0.717, 1.165) is 17.7 Å². The van der Waals surface area contributed by atoms with E-state index in [1.807, 2.05) is 13.8 Å². The van der Waals surface area contributed by atoms with Crippen LogP contribution in [0.3, 0.4) is 0 Å². The number of aromatic nitrogens is 1. The third-order valence-corrected chi connectivity index (χ3v) is 5.06. The number of nitrogens with zero attached hydrogens (tertiary/aromatic N) is 1. The van der Waals surface area contributed by atoms with Gasteiger partial charge in [0.25, 0.3) is 0 Å². The van der Waals surface area contributed by atoms with Gasteiger partial charge in [0.2, 0.25) is 12.5 Å². The Kier molecular flexibility index (Phi) is 12.0. The fourth-order valence-corrected chi connectivity index (χ4v) is 3.40. The Balaban J connectivity index is 0.00000101. The van der Waals surface area contributed by atoms with Crippen LogP contribution in [0.15, 0.2) is 41.8 Å². The van der Waals surface area contributed by atoms with Crippen LogP contribution in [0, 0.1) is 18.6 Å². The Morgan fingerprint density at radius 2 is 1.82 bits per heavy atom. The number of primary amides is 1. The van der Waals surface area contributed by atoms with Gasteiger partial charge in [-0.15, -0.1) is 11.3 Å². The molecule has 2 N–H and O–H groups in total. The molecule has 0 aliphatic rings. The molecule has 1 heterocycles. The van der Waals surface area contributed by atoms with E-state index in [9.17, 15) is 13.6 Å². The molecule has 3 aromatic rings. The zero-order valence-corrected chi connectivity index (χ0v) is 20.2. The maximum atomic E-state index is 14.3. The van der Waals surface area contributed by atoms with Crippen molar-refractivity contribution in [1.82, 2.24) is 4.98 Å². The van der Waals surface area contributed by atoms with Crippen LogP contribution in [0.5, 0.6) is 5.75 Å². The number of ether oxygens (including phenoxy) is 2. The van der Waals surface area contributed by atoms with E-state index < -0.39 is 23.7 Å². The highest BCUT2D eigenvalue weighted by atomic mass is 35.5. The van der Waals surface area contributed by atoms with Crippen molar-refractivity contribution in [2.24, 2.45) is 5.73 Å². The highest BCUT2D eigenvalue weighted by molar-refractivity contribution is 7.10. The molecule has 1 amide bonds. The summed E-state index contributed by atoms with van der Waals surface area (Å²) in [5.74, 6) is -2.53. The number of nitrogens with two attached hydrogens (primary N) is 1. The molecule has 0 aliphatic heterocycles. The lowest BCUT2D eigenvalue weighted by atomic mass is 10.2. The minimum atomic E-state index is -1.27. The van der Waals surface area contributed by atoms with Crippen molar-refractivity contribution >= 4 is 35.3 Å². The van der Waals surface area contributed by atoms with Gasteiger partial charge >= 0.3 is 5.97 Å². The second-order valence-electron chi connectivity index (χ2n) is 5.95. The Morgan fingerprint density at radius 3 is 2.39 bits per heavy atom. The molecule has 6 nitrogen and oxygen atoms in total. The third-order valence-electron chi connectivity index (χ3n) is 3.92. The van der Waals surface area contributed by atoms with Crippen LogP contribution in [-0.4, -0.2) is 24.0 Å². The minimum absolute atomic E-state index is 0.124. The summed E-state index contributed by atoms with van der Waals surface area (Å²) in [5, 5.41) is 2.64. The van der Waals surface area contributed by atoms with Crippen molar-refractivity contribution in [3.05, 3.63) is 69.0 Å². The number of halogens is 3. The van der Waals surface area contributed by atoms with Gasteiger partial charge in [-0.25, -0.2) is 18.6 Å². The van der Waals surface area contributed by atoms with Crippen LogP contribution in [0.1, 0.15) is 37.4 Å². The average Bonchev–Trinajstić information content (AvgIpc) is 3.29. The Hall–Kier alpha value is -3.04. The maximum Gasteiger partial charge on any atom is 0.354 e. The van der Waals surface area contributed by atoms with E-state index in [2.05, 4.69) is 10.7 Å². The second kappa shape index (κ2) is 14.2. The van der Waals surface area contributed by atoms with Crippen LogP contribution < -0.4 is 10.5 Å². The zero-order chi connectivity index (χ0) is 25.0. The maximum absolute atomic E-state index is 14.3. The van der Waals surface area contributed by atoms with Crippen LogP contribution in [-0.2, 0) is 14.3 Å². The molecular formula is C23H25ClF2N2O4S. The SMILES string of the molecule is CC.CCOC(=O)C(Oc1ccc(F)c(C)c1F)c1nc(-c2ccc(Cl)cc2)cs1.NC=O. The number of carbonyl (C=O) groups excluding carboxylic acids is 2. The number of amides is 1. The van der Waals surface area contributed by atoms with Gasteiger partial charge in [0.05, 0.1) is 12.3 Å². The van der Waals surface area contributed by atoms with Crippen molar-refractivity contribution in [1.29, 1.82) is 0 Å². The molecule has 178 valence electrons. The summed E-state index contributed by atoms with van der Waals surface area (Å²) >= 11 is 7.08. The Labute approximate surface area is 200 Å². The minimum Gasteiger partial charge on any atom is -0.468 e. The quantitative estimate of drug-likeness (QED) is 0.339. The Morgan fingerprint density at radius 1 is 1.21 bits per heavy atom. The van der Waals surface area contributed by atoms with Crippen molar-refractivity contribution < 1.29 is 27.8 Å². The van der Waals surface area contributed by atoms with Gasteiger partial charge in [-0.2, -0.15) is 0 Å². The van der Waals surface area contributed by atoms with Gasteiger partial charge in [0, 0.05) is 21.5 Å². The molecule has 0 aliphatic carbocycles. The number of thiazole rings is 1. The molecular weight excluding hydrogens is 474 g/mol.